The number of thiazole rings is 1. The molecule has 0 aliphatic carbocycles. The predicted molar refractivity (Wildman–Crippen MR) is 91.2 cm³/mol. The van der Waals surface area contributed by atoms with E-state index in [0.717, 1.165) is 35.7 Å². The molecule has 3 rings (SSSR count). The maximum absolute atomic E-state index is 12.7. The highest BCUT2D eigenvalue weighted by Gasteiger charge is 2.28. The van der Waals surface area contributed by atoms with Crippen LogP contribution in [0.4, 0.5) is 0 Å². The minimum absolute atomic E-state index is 0.178. The Morgan fingerprint density at radius 2 is 2.30 bits per heavy atom. The molecule has 0 unspecified atom stereocenters. The third-order valence-corrected chi connectivity index (χ3v) is 5.33. The first kappa shape index (κ1) is 15.9. The summed E-state index contributed by atoms with van der Waals surface area (Å²) in [5.74, 6) is 0.103. The molecule has 3 heterocycles. The minimum atomic E-state index is -0.306. The lowest BCUT2D eigenvalue weighted by molar-refractivity contribution is 0.0705. The van der Waals surface area contributed by atoms with Crippen LogP contribution < -0.4 is 5.56 Å². The average Bonchev–Trinajstić information content (AvgIpc) is 3.03. The van der Waals surface area contributed by atoms with E-state index in [-0.39, 0.29) is 22.9 Å². The maximum atomic E-state index is 12.7. The van der Waals surface area contributed by atoms with Gasteiger partial charge in [-0.3, -0.25) is 9.59 Å². The number of nitrogens with zero attached hydrogens (tertiary/aromatic N) is 2. The summed E-state index contributed by atoms with van der Waals surface area (Å²) in [6, 6.07) is 3.39. The Labute approximate surface area is 139 Å². The topological polar surface area (TPSA) is 66.1 Å². The van der Waals surface area contributed by atoms with Crippen LogP contribution in [0.2, 0.25) is 0 Å². The second-order valence-corrected chi connectivity index (χ2v) is 6.89. The van der Waals surface area contributed by atoms with Crippen LogP contribution in [0.5, 0.6) is 0 Å². The Hall–Kier alpha value is -1.95. The van der Waals surface area contributed by atoms with Gasteiger partial charge in [0.05, 0.1) is 10.7 Å². The molecule has 1 fully saturated rings. The highest BCUT2D eigenvalue weighted by molar-refractivity contribution is 7.09. The van der Waals surface area contributed by atoms with Crippen LogP contribution in [0.15, 0.2) is 22.3 Å². The number of carbonyl (C=O) groups excluding carboxylic acids is 1. The lowest BCUT2D eigenvalue weighted by atomic mass is 9.98. The van der Waals surface area contributed by atoms with E-state index in [9.17, 15) is 9.59 Å². The Balaban J connectivity index is 1.77. The zero-order valence-corrected chi connectivity index (χ0v) is 14.3. The van der Waals surface area contributed by atoms with E-state index in [2.05, 4.69) is 22.3 Å². The van der Waals surface area contributed by atoms with Crippen molar-refractivity contribution in [1.82, 2.24) is 14.9 Å². The Morgan fingerprint density at radius 3 is 3.00 bits per heavy atom. The molecule has 0 aromatic carbocycles. The smallest absolute Gasteiger partial charge is 0.260 e. The monoisotopic (exact) mass is 331 g/mol. The van der Waals surface area contributed by atoms with Gasteiger partial charge in [0.1, 0.15) is 5.56 Å². The molecule has 0 saturated carbocycles. The normalized spacial score (nSPS) is 18.2. The van der Waals surface area contributed by atoms with Gasteiger partial charge in [-0.2, -0.15) is 0 Å². The first-order valence-corrected chi connectivity index (χ1v) is 8.90. The summed E-state index contributed by atoms with van der Waals surface area (Å²) in [4.78, 5) is 33.8. The lowest BCUT2D eigenvalue weighted by Gasteiger charge is -2.31. The van der Waals surface area contributed by atoms with Gasteiger partial charge >= 0.3 is 0 Å². The molecule has 6 heteroatoms. The van der Waals surface area contributed by atoms with E-state index in [1.54, 1.807) is 35.3 Å². The summed E-state index contributed by atoms with van der Waals surface area (Å²) in [5, 5.41) is 3.21. The van der Waals surface area contributed by atoms with Gasteiger partial charge in [-0.15, -0.1) is 11.3 Å². The molecule has 122 valence electrons. The molecule has 1 aliphatic heterocycles. The minimum Gasteiger partial charge on any atom is -0.338 e. The number of piperidine rings is 1. The molecule has 5 nitrogen and oxygen atoms in total. The molecule has 2 aromatic heterocycles. The van der Waals surface area contributed by atoms with Gasteiger partial charge in [0.15, 0.2) is 0 Å². The molecule has 1 amide bonds. The van der Waals surface area contributed by atoms with Crippen LogP contribution in [0.3, 0.4) is 0 Å². The van der Waals surface area contributed by atoms with Crippen molar-refractivity contribution in [2.24, 2.45) is 0 Å². The lowest BCUT2D eigenvalue weighted by Crippen LogP contribution is -2.41. The quantitative estimate of drug-likeness (QED) is 0.940. The van der Waals surface area contributed by atoms with E-state index < -0.39 is 0 Å². The molecule has 1 atom stereocenters. The standard InChI is InChI=1S/C17H21N3O2S/c1-3-13-10-23-16(19-13)12-5-4-8-20(9-12)17(22)14-7-6-11(2)18-15(14)21/h6-7,10,12H,3-5,8-9H2,1-2H3,(H,18,21)/t12-/m0/s1. The van der Waals surface area contributed by atoms with Crippen molar-refractivity contribution in [1.29, 1.82) is 0 Å². The molecule has 0 spiro atoms. The van der Waals surface area contributed by atoms with E-state index in [0.29, 0.717) is 13.1 Å². The summed E-state index contributed by atoms with van der Waals surface area (Å²) >= 11 is 1.68. The number of amides is 1. The molecule has 1 saturated heterocycles. The largest absolute Gasteiger partial charge is 0.338 e. The van der Waals surface area contributed by atoms with Crippen LogP contribution in [0.1, 0.15) is 52.4 Å². The SMILES string of the molecule is CCc1csc([C@H]2CCCN(C(=O)c3ccc(C)[nH]c3=O)C2)n1. The van der Waals surface area contributed by atoms with Gasteiger partial charge in [-0.25, -0.2) is 4.98 Å². The van der Waals surface area contributed by atoms with Crippen LogP contribution in [0.25, 0.3) is 0 Å². The summed E-state index contributed by atoms with van der Waals surface area (Å²) in [6.07, 6.45) is 2.93. The number of likely N-dealkylation sites (tertiary alicyclic amines) is 1. The number of aromatic nitrogens is 2. The van der Waals surface area contributed by atoms with Crippen molar-refractivity contribution in [2.75, 3.05) is 13.1 Å². The van der Waals surface area contributed by atoms with E-state index >= 15 is 0 Å². The van der Waals surface area contributed by atoms with E-state index in [1.807, 2.05) is 0 Å². The fourth-order valence-corrected chi connectivity index (χ4v) is 3.98. The number of aryl methyl sites for hydroxylation is 2. The number of nitrogens with one attached hydrogen (secondary N) is 1. The zero-order chi connectivity index (χ0) is 16.4. The second-order valence-electron chi connectivity index (χ2n) is 6.01. The number of hydrogen-bond donors (Lipinski definition) is 1. The molecular formula is C17H21N3O2S. The van der Waals surface area contributed by atoms with Gasteiger partial charge in [0.25, 0.3) is 11.5 Å². The van der Waals surface area contributed by atoms with Crippen molar-refractivity contribution >= 4 is 17.2 Å². The van der Waals surface area contributed by atoms with Crippen LogP contribution in [-0.2, 0) is 6.42 Å². The number of hydrogen-bond acceptors (Lipinski definition) is 4. The fraction of sp³-hybridized carbons (Fsp3) is 0.471. The number of rotatable bonds is 3. The molecule has 1 N–H and O–H groups in total. The van der Waals surface area contributed by atoms with Crippen molar-refractivity contribution < 1.29 is 4.79 Å². The van der Waals surface area contributed by atoms with Gasteiger partial charge in [0, 0.05) is 30.1 Å². The van der Waals surface area contributed by atoms with Gasteiger partial charge in [-0.1, -0.05) is 6.92 Å². The third kappa shape index (κ3) is 3.37. The van der Waals surface area contributed by atoms with Crippen molar-refractivity contribution in [3.05, 3.63) is 49.8 Å². The van der Waals surface area contributed by atoms with Crippen LogP contribution in [0, 0.1) is 6.92 Å². The average molecular weight is 331 g/mol. The molecular weight excluding hydrogens is 310 g/mol. The molecule has 1 aliphatic rings. The highest BCUT2D eigenvalue weighted by Crippen LogP contribution is 2.29. The van der Waals surface area contributed by atoms with Crippen molar-refractivity contribution in [3.8, 4) is 0 Å². The Morgan fingerprint density at radius 1 is 1.48 bits per heavy atom. The van der Waals surface area contributed by atoms with Gasteiger partial charge < -0.3 is 9.88 Å². The van der Waals surface area contributed by atoms with E-state index in [1.165, 1.54) is 0 Å². The second kappa shape index (κ2) is 6.66. The van der Waals surface area contributed by atoms with Crippen LogP contribution in [-0.4, -0.2) is 33.9 Å². The number of H-pyrrole nitrogens is 1. The number of pyridine rings is 1. The summed E-state index contributed by atoms with van der Waals surface area (Å²) in [7, 11) is 0. The summed E-state index contributed by atoms with van der Waals surface area (Å²) in [6.45, 7) is 5.25. The third-order valence-electron chi connectivity index (χ3n) is 4.28. The number of carbonyl (C=O) groups is 1. The molecule has 0 radical (unpaired) electrons. The molecule has 23 heavy (non-hydrogen) atoms. The predicted octanol–water partition coefficient (Wildman–Crippen LogP) is 2.72. The first-order chi connectivity index (χ1) is 11.1. The number of aromatic amines is 1. The fourth-order valence-electron chi connectivity index (χ4n) is 2.95. The van der Waals surface area contributed by atoms with E-state index in [4.69, 9.17) is 0 Å². The summed E-state index contributed by atoms with van der Waals surface area (Å²) in [5.41, 5.74) is 1.80. The summed E-state index contributed by atoms with van der Waals surface area (Å²) < 4.78 is 0. The van der Waals surface area contributed by atoms with Crippen molar-refractivity contribution in [3.63, 3.8) is 0 Å². The van der Waals surface area contributed by atoms with Crippen molar-refractivity contribution in [2.45, 2.75) is 39.0 Å². The van der Waals surface area contributed by atoms with Crippen LogP contribution >= 0.6 is 11.3 Å². The zero-order valence-electron chi connectivity index (χ0n) is 13.5. The molecule has 2 aromatic rings. The maximum Gasteiger partial charge on any atom is 0.260 e. The Kier molecular flexibility index (Phi) is 4.61. The molecule has 0 bridgehead atoms. The Bertz CT molecular complexity index is 765. The highest BCUT2D eigenvalue weighted by atomic mass is 32.1. The first-order valence-electron chi connectivity index (χ1n) is 8.02. The van der Waals surface area contributed by atoms with Gasteiger partial charge in [-0.05, 0) is 38.3 Å². The van der Waals surface area contributed by atoms with Gasteiger partial charge in [0.2, 0.25) is 0 Å².